The summed E-state index contributed by atoms with van der Waals surface area (Å²) in [5.74, 6) is 0.869. The molecule has 0 saturated heterocycles. The number of carbonyl (C=O) groups excluding carboxylic acids is 4. The third-order valence-electron chi connectivity index (χ3n) is 17.5. The Labute approximate surface area is 562 Å². The van der Waals surface area contributed by atoms with Crippen molar-refractivity contribution in [1.82, 2.24) is 0 Å². The summed E-state index contributed by atoms with van der Waals surface area (Å²) in [6.07, 6.45) is 46.1. The van der Waals surface area contributed by atoms with E-state index in [0.29, 0.717) is 31.6 Å². The molecule has 92 heavy (non-hydrogen) atoms. The van der Waals surface area contributed by atoms with E-state index in [4.69, 9.17) is 37.0 Å². The summed E-state index contributed by atoms with van der Waals surface area (Å²) < 4.78 is 68.3. The first-order valence-electron chi connectivity index (χ1n) is 37.8. The topological polar surface area (TPSA) is 237 Å². The Morgan fingerprint density at radius 3 is 0.772 bits per heavy atom. The van der Waals surface area contributed by atoms with Gasteiger partial charge in [0, 0.05) is 25.7 Å². The molecule has 546 valence electrons. The zero-order valence-electron chi connectivity index (χ0n) is 60.2. The lowest BCUT2D eigenvalue weighted by atomic mass is 9.99. The van der Waals surface area contributed by atoms with Crippen molar-refractivity contribution in [2.75, 3.05) is 39.6 Å². The fraction of sp³-hybridized carbons (Fsp3) is 0.945. The van der Waals surface area contributed by atoms with Crippen LogP contribution < -0.4 is 0 Å². The molecular weight excluding hydrogens is 1210 g/mol. The first-order valence-corrected chi connectivity index (χ1v) is 40.8. The Morgan fingerprint density at radius 2 is 0.522 bits per heavy atom. The number of aliphatic hydroxyl groups is 1. The summed E-state index contributed by atoms with van der Waals surface area (Å²) in [5.41, 5.74) is 0. The van der Waals surface area contributed by atoms with Gasteiger partial charge in [-0.15, -0.1) is 0 Å². The van der Waals surface area contributed by atoms with Gasteiger partial charge in [-0.3, -0.25) is 37.3 Å². The molecule has 0 aromatic rings. The largest absolute Gasteiger partial charge is 0.472 e. The van der Waals surface area contributed by atoms with Gasteiger partial charge in [0.2, 0.25) is 0 Å². The van der Waals surface area contributed by atoms with Crippen LogP contribution in [0.15, 0.2) is 0 Å². The lowest BCUT2D eigenvalue weighted by molar-refractivity contribution is -0.161. The van der Waals surface area contributed by atoms with Crippen molar-refractivity contribution in [2.24, 2.45) is 23.7 Å². The van der Waals surface area contributed by atoms with E-state index in [0.717, 1.165) is 120 Å². The second-order valence-corrected chi connectivity index (χ2v) is 30.7. The predicted molar refractivity (Wildman–Crippen MR) is 372 cm³/mol. The van der Waals surface area contributed by atoms with Crippen LogP contribution in [-0.2, 0) is 65.4 Å². The van der Waals surface area contributed by atoms with E-state index in [1.165, 1.54) is 154 Å². The minimum Gasteiger partial charge on any atom is -0.462 e. The number of unbranched alkanes of at least 4 members (excludes halogenated alkanes) is 34. The molecule has 0 aromatic carbocycles. The molecule has 0 bridgehead atoms. The van der Waals surface area contributed by atoms with Crippen LogP contribution in [0.4, 0.5) is 0 Å². The third-order valence-corrected chi connectivity index (χ3v) is 19.4. The Bertz CT molecular complexity index is 1820. The fourth-order valence-electron chi connectivity index (χ4n) is 11.0. The van der Waals surface area contributed by atoms with Gasteiger partial charge in [-0.05, 0) is 49.4 Å². The number of rotatable bonds is 70. The number of phosphoric ester groups is 2. The molecule has 0 amide bonds. The molecule has 0 radical (unpaired) electrons. The number of aliphatic hydroxyl groups excluding tert-OH is 1. The zero-order chi connectivity index (χ0) is 68.2. The lowest BCUT2D eigenvalue weighted by Gasteiger charge is -2.21. The standard InChI is InChI=1S/C73H142O17P2/c1-9-65(7)51-43-35-26-23-24-28-40-48-56-73(78)90-69(60-84-71(76)54-46-38-32-30-36-44-52-66(8)10-2)62-88-92(81,82)86-58-67(74)57-85-91(79,80)87-61-68(59-83-70(75)53-45-37-31-29-34-42-50-64(5)6)89-72(77)55-47-39-27-22-20-18-16-14-12-11-13-15-17-19-21-25-33-41-49-63(3)4/h63-69,74H,9-62H2,1-8H3,(H,79,80)(H,81,82)/t65?,66?,67-,68-,69-/m1/s1. The molecule has 0 heterocycles. The van der Waals surface area contributed by atoms with Gasteiger partial charge < -0.3 is 33.8 Å². The molecule has 19 heteroatoms. The van der Waals surface area contributed by atoms with Gasteiger partial charge in [0.05, 0.1) is 26.4 Å². The van der Waals surface area contributed by atoms with Crippen LogP contribution in [0, 0.1) is 23.7 Å². The van der Waals surface area contributed by atoms with Crippen LogP contribution in [0.1, 0.15) is 364 Å². The summed E-state index contributed by atoms with van der Waals surface area (Å²) in [6.45, 7) is 14.1. The molecule has 0 saturated carbocycles. The van der Waals surface area contributed by atoms with Gasteiger partial charge >= 0.3 is 39.5 Å². The first-order chi connectivity index (χ1) is 44.2. The Morgan fingerprint density at radius 1 is 0.304 bits per heavy atom. The fourth-order valence-corrected chi connectivity index (χ4v) is 12.5. The van der Waals surface area contributed by atoms with E-state index >= 15 is 0 Å². The number of carbonyl (C=O) groups is 4. The Kier molecular flexibility index (Phi) is 61.3. The van der Waals surface area contributed by atoms with Crippen LogP contribution in [0.5, 0.6) is 0 Å². The SMILES string of the molecule is CCC(C)CCCCCCCCCCC(=O)O[C@H](COC(=O)CCCCCCCCC(C)CC)COP(=O)(O)OC[C@H](O)COP(=O)(O)OC[C@@H](COC(=O)CCCCCCCCC(C)C)OC(=O)CCCCCCCCCCCCCCCCCCCCC(C)C. The van der Waals surface area contributed by atoms with Crippen molar-refractivity contribution in [2.45, 2.75) is 382 Å². The zero-order valence-corrected chi connectivity index (χ0v) is 62.0. The van der Waals surface area contributed by atoms with Gasteiger partial charge in [0.1, 0.15) is 19.3 Å². The highest BCUT2D eigenvalue weighted by atomic mass is 31.2. The maximum absolute atomic E-state index is 13.0. The molecule has 17 nitrogen and oxygen atoms in total. The van der Waals surface area contributed by atoms with E-state index < -0.39 is 97.5 Å². The number of ether oxygens (including phenoxy) is 4. The molecule has 3 N–H and O–H groups in total. The van der Waals surface area contributed by atoms with Crippen LogP contribution >= 0.6 is 15.6 Å². The highest BCUT2D eigenvalue weighted by Gasteiger charge is 2.30. The number of esters is 4. The molecular formula is C73H142O17P2. The van der Waals surface area contributed by atoms with Crippen molar-refractivity contribution in [3.8, 4) is 0 Å². The molecule has 0 aliphatic carbocycles. The number of hydrogen-bond acceptors (Lipinski definition) is 15. The highest BCUT2D eigenvalue weighted by molar-refractivity contribution is 7.47. The molecule has 0 rings (SSSR count). The summed E-state index contributed by atoms with van der Waals surface area (Å²) in [4.78, 5) is 72.6. The quantitative estimate of drug-likeness (QED) is 0.0222. The van der Waals surface area contributed by atoms with Crippen molar-refractivity contribution >= 4 is 39.5 Å². The van der Waals surface area contributed by atoms with Gasteiger partial charge in [0.15, 0.2) is 12.2 Å². The van der Waals surface area contributed by atoms with E-state index in [-0.39, 0.29) is 25.7 Å². The molecule has 0 aliphatic rings. The molecule has 4 unspecified atom stereocenters. The van der Waals surface area contributed by atoms with Crippen LogP contribution in [-0.4, -0.2) is 96.7 Å². The van der Waals surface area contributed by atoms with Gasteiger partial charge in [-0.25, -0.2) is 9.13 Å². The lowest BCUT2D eigenvalue weighted by Crippen LogP contribution is -2.30. The van der Waals surface area contributed by atoms with Crippen LogP contribution in [0.2, 0.25) is 0 Å². The minimum atomic E-state index is -4.95. The van der Waals surface area contributed by atoms with Crippen LogP contribution in [0.25, 0.3) is 0 Å². The van der Waals surface area contributed by atoms with E-state index in [2.05, 4.69) is 55.4 Å². The van der Waals surface area contributed by atoms with Gasteiger partial charge in [-0.2, -0.15) is 0 Å². The van der Waals surface area contributed by atoms with Crippen molar-refractivity contribution in [1.29, 1.82) is 0 Å². The second-order valence-electron chi connectivity index (χ2n) is 27.8. The normalized spacial score (nSPS) is 14.8. The number of phosphoric acid groups is 2. The predicted octanol–water partition coefficient (Wildman–Crippen LogP) is 20.9. The van der Waals surface area contributed by atoms with E-state index in [9.17, 15) is 43.2 Å². The smallest absolute Gasteiger partial charge is 0.462 e. The molecule has 0 aromatic heterocycles. The van der Waals surface area contributed by atoms with E-state index in [1.54, 1.807) is 0 Å². The summed E-state index contributed by atoms with van der Waals surface area (Å²) in [5, 5.41) is 10.6. The number of hydrogen-bond donors (Lipinski definition) is 3. The highest BCUT2D eigenvalue weighted by Crippen LogP contribution is 2.45. The summed E-state index contributed by atoms with van der Waals surface area (Å²) in [7, 11) is -9.91. The molecule has 0 spiro atoms. The summed E-state index contributed by atoms with van der Waals surface area (Å²) in [6, 6.07) is 0. The van der Waals surface area contributed by atoms with Crippen LogP contribution in [0.3, 0.4) is 0 Å². The summed E-state index contributed by atoms with van der Waals surface area (Å²) >= 11 is 0. The Balaban J connectivity index is 5.16. The average Bonchev–Trinajstić information content (AvgIpc) is 3.15. The minimum absolute atomic E-state index is 0.104. The maximum atomic E-state index is 13.0. The second kappa shape index (κ2) is 62.6. The molecule has 0 fully saturated rings. The monoisotopic (exact) mass is 1350 g/mol. The molecule has 7 atom stereocenters. The van der Waals surface area contributed by atoms with E-state index in [1.807, 2.05) is 0 Å². The Hall–Kier alpha value is -1.94. The third kappa shape index (κ3) is 64.1. The maximum Gasteiger partial charge on any atom is 0.472 e. The van der Waals surface area contributed by atoms with Crippen molar-refractivity contribution in [3.05, 3.63) is 0 Å². The van der Waals surface area contributed by atoms with Gasteiger partial charge in [-0.1, -0.05) is 312 Å². The first kappa shape index (κ1) is 90.1. The van der Waals surface area contributed by atoms with Crippen molar-refractivity contribution in [3.63, 3.8) is 0 Å². The average molecular weight is 1350 g/mol. The molecule has 0 aliphatic heterocycles. The van der Waals surface area contributed by atoms with Crippen molar-refractivity contribution < 1.29 is 80.2 Å². The van der Waals surface area contributed by atoms with Gasteiger partial charge in [0.25, 0.3) is 0 Å².